The molecule has 0 saturated heterocycles. The van der Waals surface area contributed by atoms with Gasteiger partial charge in [-0.15, -0.1) is 0 Å². The molecule has 5 heteroatoms. The quantitative estimate of drug-likeness (QED) is 0.432. The summed E-state index contributed by atoms with van der Waals surface area (Å²) in [5, 5.41) is 26.9. The zero-order valence-electron chi connectivity index (χ0n) is 9.52. The van der Waals surface area contributed by atoms with Crippen molar-refractivity contribution in [3.05, 3.63) is 0 Å². The van der Waals surface area contributed by atoms with Crippen LogP contribution in [0, 0.1) is 0 Å². The number of hydrogen-bond donors (Lipinski definition) is 4. The van der Waals surface area contributed by atoms with Crippen LogP contribution in [-0.2, 0) is 4.74 Å². The lowest BCUT2D eigenvalue weighted by molar-refractivity contribution is -0.0336. The van der Waals surface area contributed by atoms with E-state index < -0.39 is 11.6 Å². The van der Waals surface area contributed by atoms with E-state index in [9.17, 15) is 0 Å². The fourth-order valence-electron chi connectivity index (χ4n) is 1.07. The molecule has 0 aliphatic rings. The van der Waals surface area contributed by atoms with Crippen LogP contribution in [0.2, 0.25) is 0 Å². The fourth-order valence-corrected chi connectivity index (χ4v) is 1.07. The first-order chi connectivity index (χ1) is 6.91. The molecular formula is C10H23NO4. The van der Waals surface area contributed by atoms with Crippen LogP contribution >= 0.6 is 0 Å². The first-order valence-corrected chi connectivity index (χ1v) is 5.21. The third-order valence-corrected chi connectivity index (χ3v) is 2.18. The maximum atomic E-state index is 9.00. The standard InChI is InChI=1S/C10H23NO4/c1-8(14)6-15-9(5-12)3-4-10(2,11)7-13/h8-9,12-14H,3-7,11H2,1-2H3. The zero-order chi connectivity index (χ0) is 11.9. The summed E-state index contributed by atoms with van der Waals surface area (Å²) in [5.41, 5.74) is 5.10. The van der Waals surface area contributed by atoms with Gasteiger partial charge in [0, 0.05) is 5.54 Å². The van der Waals surface area contributed by atoms with Gasteiger partial charge in [-0.1, -0.05) is 0 Å². The van der Waals surface area contributed by atoms with Gasteiger partial charge in [0.15, 0.2) is 0 Å². The lowest BCUT2D eigenvalue weighted by atomic mass is 9.96. The number of aliphatic hydroxyl groups excluding tert-OH is 3. The van der Waals surface area contributed by atoms with Crippen molar-refractivity contribution in [2.75, 3.05) is 19.8 Å². The van der Waals surface area contributed by atoms with E-state index in [0.29, 0.717) is 12.8 Å². The second-order valence-corrected chi connectivity index (χ2v) is 4.34. The first kappa shape index (κ1) is 14.8. The molecule has 0 bridgehead atoms. The Morgan fingerprint density at radius 3 is 2.40 bits per heavy atom. The monoisotopic (exact) mass is 221 g/mol. The number of nitrogens with two attached hydrogens (primary N) is 1. The summed E-state index contributed by atoms with van der Waals surface area (Å²) in [5.74, 6) is 0. The molecule has 0 spiro atoms. The largest absolute Gasteiger partial charge is 0.394 e. The molecule has 0 rings (SSSR count). The van der Waals surface area contributed by atoms with Crippen molar-refractivity contribution in [3.8, 4) is 0 Å². The lowest BCUT2D eigenvalue weighted by Gasteiger charge is -2.24. The minimum atomic E-state index is -0.637. The van der Waals surface area contributed by atoms with Crippen molar-refractivity contribution in [1.82, 2.24) is 0 Å². The van der Waals surface area contributed by atoms with Gasteiger partial charge >= 0.3 is 0 Å². The van der Waals surface area contributed by atoms with Gasteiger partial charge < -0.3 is 25.8 Å². The highest BCUT2D eigenvalue weighted by atomic mass is 16.5. The maximum Gasteiger partial charge on any atom is 0.0807 e. The molecule has 0 heterocycles. The van der Waals surface area contributed by atoms with E-state index in [1.54, 1.807) is 13.8 Å². The molecule has 0 radical (unpaired) electrons. The van der Waals surface area contributed by atoms with Gasteiger partial charge in [-0.05, 0) is 26.7 Å². The molecule has 0 fully saturated rings. The van der Waals surface area contributed by atoms with Gasteiger partial charge in [0.2, 0.25) is 0 Å². The predicted octanol–water partition coefficient (Wildman–Crippen LogP) is -0.765. The van der Waals surface area contributed by atoms with Crippen LogP contribution in [0.4, 0.5) is 0 Å². The SMILES string of the molecule is CC(O)COC(CO)CCC(C)(N)CO. The Morgan fingerprint density at radius 2 is 2.00 bits per heavy atom. The van der Waals surface area contributed by atoms with Crippen molar-refractivity contribution < 1.29 is 20.1 Å². The summed E-state index contributed by atoms with van der Waals surface area (Å²) >= 11 is 0. The number of rotatable bonds is 8. The zero-order valence-corrected chi connectivity index (χ0v) is 9.52. The Morgan fingerprint density at radius 1 is 1.40 bits per heavy atom. The normalized spacial score (nSPS) is 19.6. The van der Waals surface area contributed by atoms with Gasteiger partial charge in [-0.3, -0.25) is 0 Å². The smallest absolute Gasteiger partial charge is 0.0807 e. The molecule has 5 N–H and O–H groups in total. The van der Waals surface area contributed by atoms with E-state index in [2.05, 4.69) is 0 Å². The summed E-state index contributed by atoms with van der Waals surface area (Å²) < 4.78 is 5.26. The molecule has 0 aliphatic carbocycles. The molecule has 3 atom stereocenters. The van der Waals surface area contributed by atoms with Gasteiger partial charge in [-0.25, -0.2) is 0 Å². The van der Waals surface area contributed by atoms with Crippen molar-refractivity contribution >= 4 is 0 Å². The molecule has 3 unspecified atom stereocenters. The second kappa shape index (κ2) is 7.14. The van der Waals surface area contributed by atoms with Crippen LogP contribution in [0.25, 0.3) is 0 Å². The highest BCUT2D eigenvalue weighted by Gasteiger charge is 2.19. The Labute approximate surface area is 90.9 Å². The van der Waals surface area contributed by atoms with Crippen molar-refractivity contribution in [2.24, 2.45) is 5.73 Å². The summed E-state index contributed by atoms with van der Waals surface area (Å²) in [7, 11) is 0. The van der Waals surface area contributed by atoms with Gasteiger partial charge in [0.05, 0.1) is 32.0 Å². The summed E-state index contributed by atoms with van der Waals surface area (Å²) in [6, 6.07) is 0. The van der Waals surface area contributed by atoms with Crippen LogP contribution < -0.4 is 5.73 Å². The number of aliphatic hydroxyl groups is 3. The minimum Gasteiger partial charge on any atom is -0.394 e. The molecule has 0 aromatic heterocycles. The predicted molar refractivity (Wildman–Crippen MR) is 57.4 cm³/mol. The van der Waals surface area contributed by atoms with Gasteiger partial charge in [0.25, 0.3) is 0 Å². The Balaban J connectivity index is 3.79. The maximum absolute atomic E-state index is 9.00. The third-order valence-electron chi connectivity index (χ3n) is 2.18. The van der Waals surface area contributed by atoms with Crippen LogP contribution in [0.1, 0.15) is 26.7 Å². The molecule has 0 aromatic rings. The molecule has 0 aliphatic heterocycles. The average Bonchev–Trinajstić information content (AvgIpc) is 2.18. The highest BCUT2D eigenvalue weighted by molar-refractivity contribution is 4.78. The van der Waals surface area contributed by atoms with E-state index >= 15 is 0 Å². The van der Waals surface area contributed by atoms with Gasteiger partial charge in [-0.2, -0.15) is 0 Å². The summed E-state index contributed by atoms with van der Waals surface area (Å²) in [6.45, 7) is 3.37. The van der Waals surface area contributed by atoms with E-state index in [1.807, 2.05) is 0 Å². The van der Waals surface area contributed by atoms with Crippen LogP contribution in [0.5, 0.6) is 0 Å². The average molecular weight is 221 g/mol. The Hall–Kier alpha value is -0.200. The Bertz CT molecular complexity index is 162. The Kier molecular flexibility index (Phi) is 7.04. The van der Waals surface area contributed by atoms with E-state index in [0.717, 1.165) is 0 Å². The summed E-state index contributed by atoms with van der Waals surface area (Å²) in [6.07, 6.45) is 0.265. The topological polar surface area (TPSA) is 95.9 Å². The first-order valence-electron chi connectivity index (χ1n) is 5.21. The van der Waals surface area contributed by atoms with E-state index in [4.69, 9.17) is 25.8 Å². The van der Waals surface area contributed by atoms with Crippen molar-refractivity contribution in [3.63, 3.8) is 0 Å². The molecular weight excluding hydrogens is 198 g/mol. The second-order valence-electron chi connectivity index (χ2n) is 4.34. The molecule has 0 aromatic carbocycles. The molecule has 5 nitrogen and oxygen atoms in total. The lowest BCUT2D eigenvalue weighted by Crippen LogP contribution is -2.41. The number of ether oxygens (including phenoxy) is 1. The molecule has 15 heavy (non-hydrogen) atoms. The highest BCUT2D eigenvalue weighted by Crippen LogP contribution is 2.12. The van der Waals surface area contributed by atoms with Crippen LogP contribution in [-0.4, -0.2) is 52.9 Å². The minimum absolute atomic E-state index is 0.0957. The summed E-state index contributed by atoms with van der Waals surface area (Å²) in [4.78, 5) is 0. The van der Waals surface area contributed by atoms with Gasteiger partial charge in [0.1, 0.15) is 0 Å². The van der Waals surface area contributed by atoms with Crippen LogP contribution in [0.3, 0.4) is 0 Å². The fraction of sp³-hybridized carbons (Fsp3) is 1.00. The van der Waals surface area contributed by atoms with Crippen molar-refractivity contribution in [1.29, 1.82) is 0 Å². The van der Waals surface area contributed by atoms with E-state index in [-0.39, 0.29) is 25.9 Å². The van der Waals surface area contributed by atoms with E-state index in [1.165, 1.54) is 0 Å². The number of hydrogen-bond acceptors (Lipinski definition) is 5. The third kappa shape index (κ3) is 7.70. The van der Waals surface area contributed by atoms with Crippen LogP contribution in [0.15, 0.2) is 0 Å². The van der Waals surface area contributed by atoms with Crippen molar-refractivity contribution in [2.45, 2.75) is 44.4 Å². The molecule has 0 amide bonds. The molecule has 0 saturated carbocycles. The molecule has 92 valence electrons.